The van der Waals surface area contributed by atoms with Crippen molar-refractivity contribution in [1.29, 1.82) is 0 Å². The standard InChI is InChI=1S/C13H16N6S/c1-13(2,3)8-5-20-9(18-8)4-7-10-11(16-6-15-10)19-12(14)17-7/h5-6H,4H2,1-3H3,(H3,14,15,16,17,19). The van der Waals surface area contributed by atoms with Crippen LogP contribution in [-0.4, -0.2) is 24.9 Å². The molecule has 0 bridgehead atoms. The Hall–Kier alpha value is -2.02. The lowest BCUT2D eigenvalue weighted by Crippen LogP contribution is -2.11. The number of imidazole rings is 1. The van der Waals surface area contributed by atoms with E-state index in [0.29, 0.717) is 12.1 Å². The molecule has 0 saturated heterocycles. The van der Waals surface area contributed by atoms with Crippen LogP contribution in [-0.2, 0) is 11.8 Å². The number of nitrogens with two attached hydrogens (primary N) is 1. The van der Waals surface area contributed by atoms with E-state index in [1.807, 2.05) is 0 Å². The van der Waals surface area contributed by atoms with Crippen molar-refractivity contribution >= 4 is 28.4 Å². The highest BCUT2D eigenvalue weighted by Gasteiger charge is 2.18. The number of H-pyrrole nitrogens is 1. The minimum Gasteiger partial charge on any atom is -0.368 e. The molecule has 6 nitrogen and oxygen atoms in total. The Morgan fingerprint density at radius 2 is 2.05 bits per heavy atom. The predicted molar refractivity (Wildman–Crippen MR) is 79.7 cm³/mol. The Labute approximate surface area is 120 Å². The van der Waals surface area contributed by atoms with Gasteiger partial charge in [0.1, 0.15) is 5.52 Å². The lowest BCUT2D eigenvalue weighted by molar-refractivity contribution is 0.571. The lowest BCUT2D eigenvalue weighted by atomic mass is 9.93. The Morgan fingerprint density at radius 3 is 2.75 bits per heavy atom. The molecule has 0 aliphatic carbocycles. The molecule has 3 rings (SSSR count). The number of hydrogen-bond acceptors (Lipinski definition) is 6. The van der Waals surface area contributed by atoms with Gasteiger partial charge in [-0.2, -0.15) is 4.98 Å². The van der Waals surface area contributed by atoms with E-state index in [2.05, 4.69) is 51.1 Å². The van der Waals surface area contributed by atoms with Crippen molar-refractivity contribution in [3.8, 4) is 0 Å². The maximum Gasteiger partial charge on any atom is 0.222 e. The molecular weight excluding hydrogens is 272 g/mol. The molecule has 0 spiro atoms. The summed E-state index contributed by atoms with van der Waals surface area (Å²) in [5.74, 6) is 0.243. The minimum absolute atomic E-state index is 0.0583. The second-order valence-corrected chi connectivity index (χ2v) is 6.63. The molecule has 0 unspecified atom stereocenters. The van der Waals surface area contributed by atoms with E-state index >= 15 is 0 Å². The van der Waals surface area contributed by atoms with Crippen LogP contribution in [0.4, 0.5) is 5.95 Å². The Kier molecular flexibility index (Phi) is 2.93. The summed E-state index contributed by atoms with van der Waals surface area (Å²) in [4.78, 5) is 20.3. The zero-order valence-corrected chi connectivity index (χ0v) is 12.5. The van der Waals surface area contributed by atoms with E-state index in [-0.39, 0.29) is 11.4 Å². The first-order chi connectivity index (χ1) is 9.43. The molecule has 0 aliphatic rings. The Balaban J connectivity index is 1.97. The van der Waals surface area contributed by atoms with Crippen LogP contribution in [0.3, 0.4) is 0 Å². The highest BCUT2D eigenvalue weighted by atomic mass is 32.1. The van der Waals surface area contributed by atoms with Crippen LogP contribution >= 0.6 is 11.3 Å². The Bertz CT molecular complexity index is 752. The average molecular weight is 288 g/mol. The number of hydrogen-bond donors (Lipinski definition) is 2. The summed E-state index contributed by atoms with van der Waals surface area (Å²) in [5, 5.41) is 3.12. The van der Waals surface area contributed by atoms with E-state index in [9.17, 15) is 0 Å². The van der Waals surface area contributed by atoms with Gasteiger partial charge in [-0.05, 0) is 0 Å². The molecule has 0 atom stereocenters. The number of nitrogen functional groups attached to an aromatic ring is 1. The van der Waals surface area contributed by atoms with Gasteiger partial charge in [0, 0.05) is 17.2 Å². The second-order valence-electron chi connectivity index (χ2n) is 5.68. The van der Waals surface area contributed by atoms with E-state index in [0.717, 1.165) is 21.9 Å². The quantitative estimate of drug-likeness (QED) is 0.754. The smallest absolute Gasteiger partial charge is 0.222 e. The second kappa shape index (κ2) is 4.52. The number of anilines is 1. The van der Waals surface area contributed by atoms with Crippen LogP contribution in [0.2, 0.25) is 0 Å². The molecule has 3 heterocycles. The van der Waals surface area contributed by atoms with E-state index in [1.54, 1.807) is 17.7 Å². The largest absolute Gasteiger partial charge is 0.368 e. The van der Waals surface area contributed by atoms with Gasteiger partial charge < -0.3 is 10.7 Å². The molecule has 7 heteroatoms. The molecule has 3 aromatic heterocycles. The fraction of sp³-hybridized carbons (Fsp3) is 0.385. The van der Waals surface area contributed by atoms with Gasteiger partial charge >= 0.3 is 0 Å². The number of fused-ring (bicyclic) bond motifs is 1. The molecule has 0 aliphatic heterocycles. The summed E-state index contributed by atoms with van der Waals surface area (Å²) in [5.41, 5.74) is 9.13. The van der Waals surface area contributed by atoms with Crippen molar-refractivity contribution in [3.05, 3.63) is 28.1 Å². The fourth-order valence-corrected chi connectivity index (χ4v) is 2.94. The molecule has 104 valence electrons. The molecule has 20 heavy (non-hydrogen) atoms. The van der Waals surface area contributed by atoms with Crippen molar-refractivity contribution in [3.63, 3.8) is 0 Å². The summed E-state index contributed by atoms with van der Waals surface area (Å²) in [6.07, 6.45) is 2.23. The molecule has 0 amide bonds. The lowest BCUT2D eigenvalue weighted by Gasteiger charge is -2.14. The monoisotopic (exact) mass is 288 g/mol. The third-order valence-corrected chi connectivity index (χ3v) is 3.87. The van der Waals surface area contributed by atoms with Gasteiger partial charge in [0.2, 0.25) is 5.95 Å². The van der Waals surface area contributed by atoms with Crippen molar-refractivity contribution in [2.75, 3.05) is 5.73 Å². The summed E-state index contributed by atoms with van der Waals surface area (Å²) in [7, 11) is 0. The molecule has 0 saturated carbocycles. The molecular formula is C13H16N6S. The van der Waals surface area contributed by atoms with Gasteiger partial charge in [-0.3, -0.25) is 0 Å². The van der Waals surface area contributed by atoms with E-state index in [1.165, 1.54) is 0 Å². The number of aromatic amines is 1. The summed E-state index contributed by atoms with van der Waals surface area (Å²) >= 11 is 1.64. The number of aromatic nitrogens is 5. The first-order valence-corrected chi connectivity index (χ1v) is 7.22. The first kappa shape index (κ1) is 13.0. The van der Waals surface area contributed by atoms with Crippen molar-refractivity contribution < 1.29 is 0 Å². The maximum absolute atomic E-state index is 5.72. The third-order valence-electron chi connectivity index (χ3n) is 3.02. The van der Waals surface area contributed by atoms with E-state index < -0.39 is 0 Å². The number of thiazole rings is 1. The van der Waals surface area contributed by atoms with Crippen molar-refractivity contribution in [2.45, 2.75) is 32.6 Å². The third kappa shape index (κ3) is 2.36. The van der Waals surface area contributed by atoms with Crippen LogP contribution in [0.25, 0.3) is 11.2 Å². The molecule has 0 aromatic carbocycles. The van der Waals surface area contributed by atoms with Crippen LogP contribution < -0.4 is 5.73 Å². The van der Waals surface area contributed by atoms with Crippen molar-refractivity contribution in [1.82, 2.24) is 24.9 Å². The zero-order chi connectivity index (χ0) is 14.3. The maximum atomic E-state index is 5.72. The zero-order valence-electron chi connectivity index (χ0n) is 11.6. The summed E-state index contributed by atoms with van der Waals surface area (Å²) in [6, 6.07) is 0. The molecule has 3 aromatic rings. The fourth-order valence-electron chi connectivity index (χ4n) is 1.92. The average Bonchev–Trinajstić information content (AvgIpc) is 2.95. The number of nitrogens with zero attached hydrogens (tertiary/aromatic N) is 4. The summed E-state index contributed by atoms with van der Waals surface area (Å²) in [6.45, 7) is 6.46. The van der Waals surface area contributed by atoms with Crippen LogP contribution in [0.5, 0.6) is 0 Å². The number of rotatable bonds is 2. The topological polar surface area (TPSA) is 93.4 Å². The number of nitrogens with one attached hydrogen (secondary N) is 1. The molecule has 0 fully saturated rings. The minimum atomic E-state index is 0.0583. The molecule has 3 N–H and O–H groups in total. The van der Waals surface area contributed by atoms with Crippen LogP contribution in [0.15, 0.2) is 11.7 Å². The predicted octanol–water partition coefficient (Wildman–Crippen LogP) is 2.28. The van der Waals surface area contributed by atoms with Gasteiger partial charge in [-0.15, -0.1) is 11.3 Å². The van der Waals surface area contributed by atoms with Crippen LogP contribution in [0.1, 0.15) is 37.2 Å². The highest BCUT2D eigenvalue weighted by Crippen LogP contribution is 2.25. The molecule has 0 radical (unpaired) electrons. The first-order valence-electron chi connectivity index (χ1n) is 6.34. The normalized spacial score (nSPS) is 12.2. The van der Waals surface area contributed by atoms with Crippen molar-refractivity contribution in [2.24, 2.45) is 0 Å². The van der Waals surface area contributed by atoms with Gasteiger partial charge in [-0.25, -0.2) is 15.0 Å². The summed E-state index contributed by atoms with van der Waals surface area (Å²) < 4.78 is 0. The van der Waals surface area contributed by atoms with Gasteiger partial charge in [-0.1, -0.05) is 20.8 Å². The van der Waals surface area contributed by atoms with Gasteiger partial charge in [0.05, 0.1) is 22.7 Å². The highest BCUT2D eigenvalue weighted by molar-refractivity contribution is 7.09. The van der Waals surface area contributed by atoms with E-state index in [4.69, 9.17) is 5.73 Å². The van der Waals surface area contributed by atoms with Crippen LogP contribution in [0, 0.1) is 0 Å². The Morgan fingerprint density at radius 1 is 1.25 bits per heavy atom. The van der Waals surface area contributed by atoms with Gasteiger partial charge in [0.15, 0.2) is 5.65 Å². The SMILES string of the molecule is CC(C)(C)c1csc(Cc2nc(N)nc3nc[nH]c23)n1. The van der Waals surface area contributed by atoms with Gasteiger partial charge in [0.25, 0.3) is 0 Å².